The highest BCUT2D eigenvalue weighted by molar-refractivity contribution is 6.22. The van der Waals surface area contributed by atoms with E-state index in [4.69, 9.17) is 0 Å². The standard InChI is InChI=1S/C26H22F3N3O4/c1-25(2)22(33)32(20-8-5-13-30-15-20)24(35)31(25)16-19-7-4-3-6-18(19)14-17-9-11-21(12-10-17)36-23(34)26(27,28)29/h3-13,15H,14,16H2,1-2H3. The van der Waals surface area contributed by atoms with E-state index in [0.29, 0.717) is 12.1 Å². The number of pyridine rings is 1. The highest BCUT2D eigenvalue weighted by atomic mass is 19.4. The summed E-state index contributed by atoms with van der Waals surface area (Å²) < 4.78 is 41.6. The number of halogens is 3. The fraction of sp³-hybridized carbons (Fsp3) is 0.231. The number of hydrogen-bond acceptors (Lipinski definition) is 5. The van der Waals surface area contributed by atoms with Crippen LogP contribution >= 0.6 is 0 Å². The summed E-state index contributed by atoms with van der Waals surface area (Å²) in [6.45, 7) is 3.55. The summed E-state index contributed by atoms with van der Waals surface area (Å²) in [4.78, 5) is 44.0. The summed E-state index contributed by atoms with van der Waals surface area (Å²) in [6, 6.07) is 15.9. The van der Waals surface area contributed by atoms with Gasteiger partial charge < -0.3 is 9.64 Å². The first-order chi connectivity index (χ1) is 17.0. The lowest BCUT2D eigenvalue weighted by atomic mass is 9.97. The SMILES string of the molecule is CC1(C)C(=O)N(c2cccnc2)C(=O)N1Cc1ccccc1Cc1ccc(OC(=O)C(F)(F)F)cc1. The van der Waals surface area contributed by atoms with E-state index in [-0.39, 0.29) is 18.2 Å². The summed E-state index contributed by atoms with van der Waals surface area (Å²) in [6.07, 6.45) is -1.65. The van der Waals surface area contributed by atoms with Gasteiger partial charge in [0.15, 0.2) is 0 Å². The van der Waals surface area contributed by atoms with Gasteiger partial charge in [-0.3, -0.25) is 9.78 Å². The molecule has 1 aliphatic heterocycles. The number of carbonyl (C=O) groups is 3. The van der Waals surface area contributed by atoms with Gasteiger partial charge in [-0.2, -0.15) is 13.2 Å². The zero-order valence-corrected chi connectivity index (χ0v) is 19.5. The molecule has 1 aromatic heterocycles. The highest BCUT2D eigenvalue weighted by Gasteiger charge is 2.51. The van der Waals surface area contributed by atoms with E-state index in [0.717, 1.165) is 21.6 Å². The molecule has 3 aromatic rings. The summed E-state index contributed by atoms with van der Waals surface area (Å²) >= 11 is 0. The number of benzene rings is 2. The number of rotatable bonds is 6. The van der Waals surface area contributed by atoms with Crippen molar-refractivity contribution in [2.75, 3.05) is 4.90 Å². The Bertz CT molecular complexity index is 1290. The third-order valence-electron chi connectivity index (χ3n) is 5.93. The fourth-order valence-corrected chi connectivity index (χ4v) is 3.93. The molecule has 1 saturated heterocycles. The van der Waals surface area contributed by atoms with Gasteiger partial charge >= 0.3 is 18.2 Å². The molecular weight excluding hydrogens is 475 g/mol. The van der Waals surface area contributed by atoms with Crippen LogP contribution in [0.4, 0.5) is 23.7 Å². The van der Waals surface area contributed by atoms with Crippen molar-refractivity contribution in [3.63, 3.8) is 0 Å². The lowest BCUT2D eigenvalue weighted by molar-refractivity contribution is -0.189. The number of urea groups is 1. The molecule has 186 valence electrons. The number of hydrogen-bond donors (Lipinski definition) is 0. The number of esters is 1. The van der Waals surface area contributed by atoms with Gasteiger partial charge in [-0.1, -0.05) is 36.4 Å². The maximum atomic E-state index is 13.3. The van der Waals surface area contributed by atoms with Crippen LogP contribution in [-0.4, -0.2) is 39.5 Å². The van der Waals surface area contributed by atoms with E-state index in [1.807, 2.05) is 24.3 Å². The zero-order valence-electron chi connectivity index (χ0n) is 19.5. The number of aromatic nitrogens is 1. The number of nitrogens with zero attached hydrogens (tertiary/aromatic N) is 3. The quantitative estimate of drug-likeness (QED) is 0.275. The summed E-state index contributed by atoms with van der Waals surface area (Å²) in [7, 11) is 0. The van der Waals surface area contributed by atoms with Crippen LogP contribution in [0, 0.1) is 0 Å². The molecule has 0 N–H and O–H groups in total. The second-order valence-corrected chi connectivity index (χ2v) is 8.76. The molecule has 1 fully saturated rings. The van der Waals surface area contributed by atoms with Gasteiger partial charge in [0.05, 0.1) is 11.9 Å². The lowest BCUT2D eigenvalue weighted by Crippen LogP contribution is -2.43. The van der Waals surface area contributed by atoms with Crippen molar-refractivity contribution in [3.05, 3.63) is 89.7 Å². The van der Waals surface area contributed by atoms with Crippen molar-refractivity contribution in [2.45, 2.75) is 38.5 Å². The zero-order chi connectivity index (χ0) is 26.1. The Balaban J connectivity index is 1.53. The second-order valence-electron chi connectivity index (χ2n) is 8.76. The number of ether oxygens (including phenoxy) is 1. The van der Waals surface area contributed by atoms with Gasteiger partial charge in [0.1, 0.15) is 11.3 Å². The maximum absolute atomic E-state index is 13.3. The van der Waals surface area contributed by atoms with Crippen LogP contribution < -0.4 is 9.64 Å². The molecule has 4 rings (SSSR count). The summed E-state index contributed by atoms with van der Waals surface area (Å²) in [5.41, 5.74) is 1.74. The van der Waals surface area contributed by atoms with E-state index in [9.17, 15) is 27.6 Å². The second kappa shape index (κ2) is 9.44. The Morgan fingerprint density at radius 1 is 0.972 bits per heavy atom. The molecule has 3 amide bonds. The molecule has 7 nitrogen and oxygen atoms in total. The molecule has 1 aliphatic rings. The van der Waals surface area contributed by atoms with Gasteiger partial charge in [0.2, 0.25) is 0 Å². The van der Waals surface area contributed by atoms with Crippen LogP contribution in [0.15, 0.2) is 73.1 Å². The van der Waals surface area contributed by atoms with Crippen molar-refractivity contribution in [3.8, 4) is 5.75 Å². The van der Waals surface area contributed by atoms with Gasteiger partial charge in [0, 0.05) is 12.7 Å². The third-order valence-corrected chi connectivity index (χ3v) is 5.93. The van der Waals surface area contributed by atoms with Crippen LogP contribution in [0.3, 0.4) is 0 Å². The molecule has 0 atom stereocenters. The Hall–Kier alpha value is -4.21. The Labute approximate surface area is 205 Å². The van der Waals surface area contributed by atoms with Crippen LogP contribution in [-0.2, 0) is 22.6 Å². The van der Waals surface area contributed by atoms with Crippen molar-refractivity contribution in [1.82, 2.24) is 9.88 Å². The lowest BCUT2D eigenvalue weighted by Gasteiger charge is -2.28. The van der Waals surface area contributed by atoms with E-state index >= 15 is 0 Å². The first-order valence-corrected chi connectivity index (χ1v) is 11.0. The Morgan fingerprint density at radius 2 is 1.64 bits per heavy atom. The van der Waals surface area contributed by atoms with Crippen LogP contribution in [0.1, 0.15) is 30.5 Å². The molecule has 0 bridgehead atoms. The maximum Gasteiger partial charge on any atom is 0.491 e. The molecule has 2 heterocycles. The van der Waals surface area contributed by atoms with Gasteiger partial charge in [-0.25, -0.2) is 14.5 Å². The Morgan fingerprint density at radius 3 is 2.25 bits per heavy atom. The van der Waals surface area contributed by atoms with Gasteiger partial charge in [-0.05, 0) is 61.2 Å². The minimum Gasteiger partial charge on any atom is -0.420 e. The van der Waals surface area contributed by atoms with Crippen molar-refractivity contribution < 1.29 is 32.3 Å². The normalized spacial score (nSPS) is 15.4. The molecule has 10 heteroatoms. The predicted octanol–water partition coefficient (Wildman–Crippen LogP) is 4.89. The predicted molar refractivity (Wildman–Crippen MR) is 124 cm³/mol. The van der Waals surface area contributed by atoms with E-state index in [1.54, 1.807) is 44.3 Å². The van der Waals surface area contributed by atoms with E-state index in [2.05, 4.69) is 9.72 Å². The number of alkyl halides is 3. The number of anilines is 1. The molecule has 36 heavy (non-hydrogen) atoms. The molecule has 2 aromatic carbocycles. The minimum absolute atomic E-state index is 0.172. The van der Waals surface area contributed by atoms with Crippen molar-refractivity contribution >= 4 is 23.6 Å². The van der Waals surface area contributed by atoms with Crippen molar-refractivity contribution in [2.24, 2.45) is 0 Å². The van der Waals surface area contributed by atoms with Crippen LogP contribution in [0.5, 0.6) is 5.75 Å². The summed E-state index contributed by atoms with van der Waals surface area (Å²) in [5.74, 6) is -2.86. The van der Waals surface area contributed by atoms with E-state index < -0.39 is 23.7 Å². The van der Waals surface area contributed by atoms with Gasteiger partial charge in [-0.15, -0.1) is 0 Å². The highest BCUT2D eigenvalue weighted by Crippen LogP contribution is 2.33. The van der Waals surface area contributed by atoms with Crippen LogP contribution in [0.2, 0.25) is 0 Å². The Kier molecular flexibility index (Phi) is 6.53. The average Bonchev–Trinajstić information content (AvgIpc) is 3.00. The molecule has 0 unspecified atom stereocenters. The molecule has 0 radical (unpaired) electrons. The van der Waals surface area contributed by atoms with Gasteiger partial charge in [0.25, 0.3) is 5.91 Å². The first-order valence-electron chi connectivity index (χ1n) is 11.0. The average molecular weight is 497 g/mol. The number of imide groups is 1. The fourth-order valence-electron chi connectivity index (χ4n) is 3.93. The monoisotopic (exact) mass is 497 g/mol. The molecule has 0 aliphatic carbocycles. The number of amides is 3. The first kappa shape index (κ1) is 24.9. The van der Waals surface area contributed by atoms with Crippen LogP contribution in [0.25, 0.3) is 0 Å². The summed E-state index contributed by atoms with van der Waals surface area (Å²) in [5, 5.41) is 0. The molecular formula is C26H22F3N3O4. The smallest absolute Gasteiger partial charge is 0.420 e. The molecule has 0 spiro atoms. The largest absolute Gasteiger partial charge is 0.491 e. The van der Waals surface area contributed by atoms with E-state index in [1.165, 1.54) is 23.2 Å². The third kappa shape index (κ3) is 4.93. The topological polar surface area (TPSA) is 79.8 Å². The van der Waals surface area contributed by atoms with Crippen molar-refractivity contribution in [1.29, 1.82) is 0 Å². The molecule has 0 saturated carbocycles. The minimum atomic E-state index is -5.08. The number of carbonyl (C=O) groups excluding carboxylic acids is 3.